The second-order valence-corrected chi connectivity index (χ2v) is 6.06. The number of H-pyrrole nitrogens is 1. The van der Waals surface area contributed by atoms with Crippen molar-refractivity contribution in [1.82, 2.24) is 15.2 Å². The van der Waals surface area contributed by atoms with Crippen LogP contribution in [-0.2, 0) is 6.61 Å². The predicted molar refractivity (Wildman–Crippen MR) is 103 cm³/mol. The van der Waals surface area contributed by atoms with Crippen LogP contribution in [0.3, 0.4) is 0 Å². The zero-order chi connectivity index (χ0) is 17.8. The van der Waals surface area contributed by atoms with Gasteiger partial charge in [0.05, 0.1) is 5.69 Å². The third-order valence-electron chi connectivity index (χ3n) is 4.25. The Morgan fingerprint density at radius 3 is 2.46 bits per heavy atom. The number of aryl methyl sites for hydroxylation is 1. The molecule has 0 amide bonds. The summed E-state index contributed by atoms with van der Waals surface area (Å²) >= 11 is 0. The van der Waals surface area contributed by atoms with Gasteiger partial charge in [-0.1, -0.05) is 48.5 Å². The molecule has 1 N–H and O–H groups in total. The van der Waals surface area contributed by atoms with Gasteiger partial charge in [0.2, 0.25) is 0 Å². The summed E-state index contributed by atoms with van der Waals surface area (Å²) in [6.45, 7) is 2.52. The van der Waals surface area contributed by atoms with Crippen molar-refractivity contribution in [2.45, 2.75) is 13.5 Å². The van der Waals surface area contributed by atoms with Crippen molar-refractivity contribution in [2.75, 3.05) is 0 Å². The maximum absolute atomic E-state index is 6.10. The molecule has 2 aromatic carbocycles. The van der Waals surface area contributed by atoms with Crippen LogP contribution in [-0.4, -0.2) is 15.2 Å². The van der Waals surface area contributed by atoms with Gasteiger partial charge in [0, 0.05) is 23.0 Å². The largest absolute Gasteiger partial charge is 0.488 e. The number of rotatable bonds is 5. The summed E-state index contributed by atoms with van der Waals surface area (Å²) < 4.78 is 6.10. The molecule has 4 rings (SSSR count). The van der Waals surface area contributed by atoms with Gasteiger partial charge in [-0.15, -0.1) is 0 Å². The van der Waals surface area contributed by atoms with E-state index in [0.717, 1.165) is 39.5 Å². The van der Waals surface area contributed by atoms with Crippen molar-refractivity contribution in [3.8, 4) is 28.3 Å². The first-order valence-electron chi connectivity index (χ1n) is 8.55. The summed E-state index contributed by atoms with van der Waals surface area (Å²) in [7, 11) is 0. The smallest absolute Gasteiger partial charge is 0.129 e. The van der Waals surface area contributed by atoms with Gasteiger partial charge in [0.1, 0.15) is 18.1 Å². The molecule has 4 heteroatoms. The number of ether oxygens (including phenoxy) is 1. The number of hydrogen-bond donors (Lipinski definition) is 1. The maximum Gasteiger partial charge on any atom is 0.129 e. The number of aromatic amines is 1. The average molecular weight is 341 g/mol. The van der Waals surface area contributed by atoms with Crippen LogP contribution in [0.15, 0.2) is 79.0 Å². The van der Waals surface area contributed by atoms with E-state index in [1.54, 1.807) is 6.20 Å². The topological polar surface area (TPSA) is 50.8 Å². The molecule has 0 fully saturated rings. The lowest BCUT2D eigenvalue weighted by molar-refractivity contribution is 0.307. The first-order chi connectivity index (χ1) is 12.8. The second kappa shape index (κ2) is 7.23. The average Bonchev–Trinajstić information content (AvgIpc) is 3.09. The van der Waals surface area contributed by atoms with Crippen molar-refractivity contribution in [1.29, 1.82) is 0 Å². The van der Waals surface area contributed by atoms with Gasteiger partial charge in [0.15, 0.2) is 0 Å². The Morgan fingerprint density at radius 1 is 0.885 bits per heavy atom. The van der Waals surface area contributed by atoms with Crippen LogP contribution < -0.4 is 4.74 Å². The van der Waals surface area contributed by atoms with E-state index in [0.29, 0.717) is 6.61 Å². The van der Waals surface area contributed by atoms with Crippen LogP contribution >= 0.6 is 0 Å². The molecule has 0 spiro atoms. The quantitative estimate of drug-likeness (QED) is 0.554. The standard InChI is InChI=1S/C22H19N3O/c1-16-21(19-12-7-8-14-23-19)22(25-24-16)18-11-5-6-13-20(18)26-15-17-9-3-2-4-10-17/h2-14H,15H2,1H3,(H,24,25). The molecule has 0 atom stereocenters. The number of benzene rings is 2. The molecule has 0 saturated heterocycles. The van der Waals surface area contributed by atoms with E-state index in [1.165, 1.54) is 0 Å². The van der Waals surface area contributed by atoms with E-state index in [4.69, 9.17) is 4.74 Å². The number of hydrogen-bond acceptors (Lipinski definition) is 3. The van der Waals surface area contributed by atoms with Crippen LogP contribution in [0.2, 0.25) is 0 Å². The van der Waals surface area contributed by atoms with E-state index in [9.17, 15) is 0 Å². The minimum atomic E-state index is 0.514. The first kappa shape index (κ1) is 16.1. The first-order valence-corrected chi connectivity index (χ1v) is 8.55. The lowest BCUT2D eigenvalue weighted by atomic mass is 10.0. The van der Waals surface area contributed by atoms with Crippen molar-refractivity contribution >= 4 is 0 Å². The fraction of sp³-hybridized carbons (Fsp3) is 0.0909. The Kier molecular flexibility index (Phi) is 4.48. The molecule has 128 valence electrons. The minimum absolute atomic E-state index is 0.514. The van der Waals surface area contributed by atoms with Gasteiger partial charge >= 0.3 is 0 Å². The molecule has 4 aromatic rings. The summed E-state index contributed by atoms with van der Waals surface area (Å²) in [5, 5.41) is 7.62. The fourth-order valence-corrected chi connectivity index (χ4v) is 2.97. The summed E-state index contributed by atoms with van der Waals surface area (Å²) in [5.41, 5.74) is 5.81. The molecule has 4 nitrogen and oxygen atoms in total. The number of pyridine rings is 1. The molecule has 0 saturated carbocycles. The number of nitrogens with zero attached hydrogens (tertiary/aromatic N) is 2. The molecule has 0 unspecified atom stereocenters. The van der Waals surface area contributed by atoms with Gasteiger partial charge in [-0.25, -0.2) is 0 Å². The highest BCUT2D eigenvalue weighted by atomic mass is 16.5. The molecule has 0 aliphatic heterocycles. The van der Waals surface area contributed by atoms with Crippen molar-refractivity contribution in [2.24, 2.45) is 0 Å². The van der Waals surface area contributed by atoms with Crippen LogP contribution in [0.4, 0.5) is 0 Å². The number of aromatic nitrogens is 3. The lowest BCUT2D eigenvalue weighted by Gasteiger charge is -2.11. The van der Waals surface area contributed by atoms with E-state index in [1.807, 2.05) is 67.6 Å². The molecule has 0 aliphatic rings. The predicted octanol–water partition coefficient (Wildman–Crippen LogP) is 5.03. The van der Waals surface area contributed by atoms with E-state index < -0.39 is 0 Å². The Balaban J connectivity index is 1.71. The highest BCUT2D eigenvalue weighted by Gasteiger charge is 2.18. The monoisotopic (exact) mass is 341 g/mol. The highest BCUT2D eigenvalue weighted by molar-refractivity contribution is 5.83. The van der Waals surface area contributed by atoms with Crippen LogP contribution in [0.1, 0.15) is 11.3 Å². The second-order valence-electron chi connectivity index (χ2n) is 6.06. The number of para-hydroxylation sites is 1. The van der Waals surface area contributed by atoms with Gasteiger partial charge < -0.3 is 4.74 Å². The van der Waals surface area contributed by atoms with Gasteiger partial charge in [-0.3, -0.25) is 10.1 Å². The van der Waals surface area contributed by atoms with E-state index in [-0.39, 0.29) is 0 Å². The van der Waals surface area contributed by atoms with Crippen molar-refractivity contribution in [3.63, 3.8) is 0 Å². The van der Waals surface area contributed by atoms with Gasteiger partial charge in [-0.05, 0) is 36.8 Å². The number of nitrogens with one attached hydrogen (secondary N) is 1. The molecule has 2 aromatic heterocycles. The fourth-order valence-electron chi connectivity index (χ4n) is 2.97. The van der Waals surface area contributed by atoms with Gasteiger partial charge in [0.25, 0.3) is 0 Å². The molecule has 0 radical (unpaired) electrons. The third-order valence-corrected chi connectivity index (χ3v) is 4.25. The Hall–Kier alpha value is -3.40. The van der Waals surface area contributed by atoms with Crippen molar-refractivity contribution < 1.29 is 4.74 Å². The van der Waals surface area contributed by atoms with Gasteiger partial charge in [-0.2, -0.15) is 5.10 Å². The summed E-state index contributed by atoms with van der Waals surface area (Å²) in [4.78, 5) is 4.49. The molecular weight excluding hydrogens is 322 g/mol. The zero-order valence-corrected chi connectivity index (χ0v) is 14.5. The SMILES string of the molecule is Cc1[nH]nc(-c2ccccc2OCc2ccccc2)c1-c1ccccn1. The van der Waals surface area contributed by atoms with E-state index in [2.05, 4.69) is 27.3 Å². The van der Waals surface area contributed by atoms with Crippen molar-refractivity contribution in [3.05, 3.63) is 90.3 Å². The summed E-state index contributed by atoms with van der Waals surface area (Å²) in [6, 6.07) is 24.0. The van der Waals surface area contributed by atoms with Crippen LogP contribution in [0.25, 0.3) is 22.5 Å². The van der Waals surface area contributed by atoms with Crippen LogP contribution in [0.5, 0.6) is 5.75 Å². The summed E-state index contributed by atoms with van der Waals surface area (Å²) in [5.74, 6) is 0.806. The molecule has 0 bridgehead atoms. The summed E-state index contributed by atoms with van der Waals surface area (Å²) in [6.07, 6.45) is 1.80. The molecule has 0 aliphatic carbocycles. The highest BCUT2D eigenvalue weighted by Crippen LogP contribution is 2.36. The Bertz CT molecular complexity index is 994. The lowest BCUT2D eigenvalue weighted by Crippen LogP contribution is -1.97. The molecule has 2 heterocycles. The minimum Gasteiger partial charge on any atom is -0.488 e. The normalized spacial score (nSPS) is 10.7. The molecule has 26 heavy (non-hydrogen) atoms. The third kappa shape index (κ3) is 3.22. The maximum atomic E-state index is 6.10. The van der Waals surface area contributed by atoms with Crippen LogP contribution in [0, 0.1) is 6.92 Å². The Morgan fingerprint density at radius 2 is 1.65 bits per heavy atom. The molecular formula is C22H19N3O. The zero-order valence-electron chi connectivity index (χ0n) is 14.5. The van der Waals surface area contributed by atoms with E-state index >= 15 is 0 Å². The Labute approximate surface area is 152 Å².